The van der Waals surface area contributed by atoms with Gasteiger partial charge in [-0.1, -0.05) is 36.8 Å². The fourth-order valence-electron chi connectivity index (χ4n) is 2.88. The number of nitrogens with zero attached hydrogens (tertiary/aromatic N) is 1. The molecule has 1 aliphatic carbocycles. The number of aliphatic hydroxyl groups is 1. The number of rotatable bonds is 4. The number of unbranched alkanes of at least 4 members (excludes halogenated alkanes) is 1. The van der Waals surface area contributed by atoms with Crippen LogP contribution in [0.2, 0.25) is 0 Å². The monoisotopic (exact) mass is 239 g/mol. The molecule has 1 N–H and O–H groups in total. The van der Waals surface area contributed by atoms with Crippen LogP contribution in [-0.2, 0) is 0 Å². The van der Waals surface area contributed by atoms with Crippen LogP contribution in [0, 0.1) is 0 Å². The van der Waals surface area contributed by atoms with Gasteiger partial charge in [0, 0.05) is 24.3 Å². The first kappa shape index (κ1) is 11.4. The number of fused-ring (bicyclic) bond motifs is 3. The maximum absolute atomic E-state index is 8.92. The van der Waals surface area contributed by atoms with Crippen molar-refractivity contribution in [2.24, 2.45) is 0 Å². The van der Waals surface area contributed by atoms with Crippen molar-refractivity contribution in [1.29, 1.82) is 0 Å². The Bertz CT molecular complexity index is 505. The van der Waals surface area contributed by atoms with Crippen LogP contribution in [0.15, 0.2) is 42.6 Å². The predicted octanol–water partition coefficient (Wildman–Crippen LogP) is 3.36. The summed E-state index contributed by atoms with van der Waals surface area (Å²) >= 11 is 0. The predicted molar refractivity (Wildman–Crippen MR) is 72.5 cm³/mol. The molecule has 0 unspecified atom stereocenters. The molecule has 0 saturated carbocycles. The van der Waals surface area contributed by atoms with Crippen molar-refractivity contribution in [2.75, 3.05) is 6.61 Å². The number of hydrogen-bond donors (Lipinski definition) is 1. The van der Waals surface area contributed by atoms with Crippen molar-refractivity contribution in [3.05, 3.63) is 53.7 Å². The molecule has 0 saturated heterocycles. The van der Waals surface area contributed by atoms with Gasteiger partial charge in [0.1, 0.15) is 0 Å². The first-order valence-electron chi connectivity index (χ1n) is 6.57. The number of benzene rings is 1. The van der Waals surface area contributed by atoms with Crippen molar-refractivity contribution in [1.82, 2.24) is 4.98 Å². The van der Waals surface area contributed by atoms with E-state index in [-0.39, 0.29) is 6.61 Å². The summed E-state index contributed by atoms with van der Waals surface area (Å²) in [6.07, 6.45) is 4.90. The summed E-state index contributed by atoms with van der Waals surface area (Å²) in [5.74, 6) is 0.455. The second-order valence-corrected chi connectivity index (χ2v) is 4.80. The summed E-state index contributed by atoms with van der Waals surface area (Å²) in [6.45, 7) is 0.286. The molecule has 0 amide bonds. The largest absolute Gasteiger partial charge is 0.396 e. The number of aromatic nitrogens is 1. The van der Waals surface area contributed by atoms with Crippen LogP contribution < -0.4 is 0 Å². The summed E-state index contributed by atoms with van der Waals surface area (Å²) < 4.78 is 0. The van der Waals surface area contributed by atoms with E-state index in [1.807, 2.05) is 12.3 Å². The molecule has 1 aromatic heterocycles. The minimum atomic E-state index is 0.286. The van der Waals surface area contributed by atoms with E-state index in [0.29, 0.717) is 5.92 Å². The van der Waals surface area contributed by atoms with Crippen molar-refractivity contribution < 1.29 is 5.11 Å². The molecule has 2 nitrogen and oxygen atoms in total. The maximum Gasteiger partial charge on any atom is 0.0743 e. The van der Waals surface area contributed by atoms with Gasteiger partial charge < -0.3 is 5.11 Å². The molecule has 2 aromatic rings. The van der Waals surface area contributed by atoms with Gasteiger partial charge in [-0.05, 0) is 30.0 Å². The third-order valence-corrected chi connectivity index (χ3v) is 3.71. The van der Waals surface area contributed by atoms with Gasteiger partial charge >= 0.3 is 0 Å². The molecular formula is C16H17NO. The number of hydrogen-bond acceptors (Lipinski definition) is 2. The Balaban J connectivity index is 1.98. The van der Waals surface area contributed by atoms with E-state index >= 15 is 0 Å². The Morgan fingerprint density at radius 2 is 1.83 bits per heavy atom. The molecule has 1 aliphatic rings. The minimum absolute atomic E-state index is 0.286. The highest BCUT2D eigenvalue weighted by Gasteiger charge is 2.28. The normalized spacial score (nSPS) is 16.4. The lowest BCUT2D eigenvalue weighted by molar-refractivity contribution is 0.282. The second-order valence-electron chi connectivity index (χ2n) is 4.80. The van der Waals surface area contributed by atoms with E-state index in [0.717, 1.165) is 25.0 Å². The molecule has 3 rings (SSSR count). The zero-order valence-electron chi connectivity index (χ0n) is 10.3. The lowest BCUT2D eigenvalue weighted by atomic mass is 9.92. The molecule has 0 spiro atoms. The van der Waals surface area contributed by atoms with Gasteiger partial charge in [-0.2, -0.15) is 0 Å². The molecule has 0 bridgehead atoms. The highest BCUT2D eigenvalue weighted by Crippen LogP contribution is 2.45. The van der Waals surface area contributed by atoms with Gasteiger partial charge in [0.2, 0.25) is 0 Å². The van der Waals surface area contributed by atoms with Gasteiger partial charge in [0.15, 0.2) is 0 Å². The van der Waals surface area contributed by atoms with E-state index < -0.39 is 0 Å². The van der Waals surface area contributed by atoms with Crippen LogP contribution in [0.1, 0.15) is 36.3 Å². The Morgan fingerprint density at radius 1 is 1.00 bits per heavy atom. The Labute approximate surface area is 107 Å². The molecule has 1 heterocycles. The number of aliphatic hydroxyl groups excluding tert-OH is 1. The summed E-state index contributed by atoms with van der Waals surface area (Å²) in [6, 6.07) is 12.8. The zero-order valence-corrected chi connectivity index (χ0v) is 10.3. The van der Waals surface area contributed by atoms with Gasteiger partial charge in [0.25, 0.3) is 0 Å². The average molecular weight is 239 g/mol. The molecule has 0 aliphatic heterocycles. The first-order chi connectivity index (χ1) is 8.92. The molecule has 1 atom stereocenters. The summed E-state index contributed by atoms with van der Waals surface area (Å²) in [4.78, 5) is 4.53. The SMILES string of the molecule is OCCCC[C@@H]1c2ccccc2-c2ncccc21. The molecule has 0 fully saturated rings. The van der Waals surface area contributed by atoms with Crippen LogP contribution in [0.5, 0.6) is 0 Å². The maximum atomic E-state index is 8.92. The van der Waals surface area contributed by atoms with Crippen molar-refractivity contribution >= 4 is 0 Å². The highest BCUT2D eigenvalue weighted by molar-refractivity contribution is 5.75. The van der Waals surface area contributed by atoms with Gasteiger partial charge in [-0.25, -0.2) is 0 Å². The van der Waals surface area contributed by atoms with Crippen LogP contribution in [0.3, 0.4) is 0 Å². The molecule has 18 heavy (non-hydrogen) atoms. The molecule has 1 aromatic carbocycles. The van der Waals surface area contributed by atoms with Gasteiger partial charge in [0.05, 0.1) is 5.69 Å². The topological polar surface area (TPSA) is 33.1 Å². The van der Waals surface area contributed by atoms with Crippen LogP contribution in [0.25, 0.3) is 11.3 Å². The second kappa shape index (κ2) is 4.91. The standard InChI is InChI=1S/C16H17NO/c18-11-4-3-7-13-12-6-1-2-8-14(12)16-15(13)9-5-10-17-16/h1-2,5-6,8-10,13,18H,3-4,7,11H2/t13-/m1/s1. The van der Waals surface area contributed by atoms with E-state index in [4.69, 9.17) is 5.11 Å². The fourth-order valence-corrected chi connectivity index (χ4v) is 2.88. The highest BCUT2D eigenvalue weighted by atomic mass is 16.2. The van der Waals surface area contributed by atoms with Gasteiger partial charge in [-0.3, -0.25) is 4.98 Å². The third-order valence-electron chi connectivity index (χ3n) is 3.71. The summed E-state index contributed by atoms with van der Waals surface area (Å²) in [5.41, 5.74) is 5.16. The summed E-state index contributed by atoms with van der Waals surface area (Å²) in [7, 11) is 0. The van der Waals surface area contributed by atoms with E-state index in [9.17, 15) is 0 Å². The Morgan fingerprint density at radius 3 is 2.72 bits per heavy atom. The van der Waals surface area contributed by atoms with Crippen LogP contribution in [0.4, 0.5) is 0 Å². The van der Waals surface area contributed by atoms with Crippen LogP contribution in [-0.4, -0.2) is 16.7 Å². The average Bonchev–Trinajstić information content (AvgIpc) is 2.74. The van der Waals surface area contributed by atoms with Gasteiger partial charge in [-0.15, -0.1) is 0 Å². The van der Waals surface area contributed by atoms with E-state index in [1.165, 1.54) is 16.7 Å². The third kappa shape index (κ3) is 1.83. The van der Waals surface area contributed by atoms with Crippen molar-refractivity contribution in [3.63, 3.8) is 0 Å². The van der Waals surface area contributed by atoms with Crippen LogP contribution >= 0.6 is 0 Å². The summed E-state index contributed by atoms with van der Waals surface area (Å²) in [5, 5.41) is 8.92. The Kier molecular flexibility index (Phi) is 3.11. The lowest BCUT2D eigenvalue weighted by Gasteiger charge is -2.12. The molecule has 2 heteroatoms. The van der Waals surface area contributed by atoms with Crippen molar-refractivity contribution in [2.45, 2.75) is 25.2 Å². The van der Waals surface area contributed by atoms with E-state index in [2.05, 4.69) is 35.3 Å². The molecule has 92 valence electrons. The molecular weight excluding hydrogens is 222 g/mol. The lowest BCUT2D eigenvalue weighted by Crippen LogP contribution is -1.97. The molecule has 0 radical (unpaired) electrons. The van der Waals surface area contributed by atoms with Crippen molar-refractivity contribution in [3.8, 4) is 11.3 Å². The smallest absolute Gasteiger partial charge is 0.0743 e. The number of pyridine rings is 1. The quantitative estimate of drug-likeness (QED) is 0.830. The Hall–Kier alpha value is -1.67. The van der Waals surface area contributed by atoms with E-state index in [1.54, 1.807) is 0 Å². The first-order valence-corrected chi connectivity index (χ1v) is 6.57. The zero-order chi connectivity index (χ0) is 12.4. The minimum Gasteiger partial charge on any atom is -0.396 e. The fraction of sp³-hybridized carbons (Fsp3) is 0.312.